The highest BCUT2D eigenvalue weighted by atomic mass is 16.7. The third kappa shape index (κ3) is 3.67. The van der Waals surface area contributed by atoms with Crippen molar-refractivity contribution < 1.29 is 9.47 Å². The minimum atomic E-state index is -0.241. The fourth-order valence-electron chi connectivity index (χ4n) is 1.42. The van der Waals surface area contributed by atoms with E-state index in [4.69, 9.17) is 9.47 Å². The molecule has 0 spiro atoms. The summed E-state index contributed by atoms with van der Waals surface area (Å²) in [7, 11) is 0. The molecule has 0 unspecified atom stereocenters. The first-order valence-corrected chi connectivity index (χ1v) is 5.72. The van der Waals surface area contributed by atoms with E-state index in [1.54, 1.807) is 48.5 Å². The lowest BCUT2D eigenvalue weighted by atomic mass is 10.4. The zero-order valence-electron chi connectivity index (χ0n) is 10.1. The number of ether oxygens (including phenoxy) is 2. The van der Waals surface area contributed by atoms with E-state index in [-0.39, 0.29) is 29.1 Å². The van der Waals surface area contributed by atoms with Gasteiger partial charge in [0.15, 0.2) is 11.5 Å². The summed E-state index contributed by atoms with van der Waals surface area (Å²) in [5.41, 5.74) is -0.482. The molecule has 0 saturated carbocycles. The van der Waals surface area contributed by atoms with E-state index in [1.807, 2.05) is 0 Å². The average Bonchev–Trinajstić information content (AvgIpc) is 2.72. The predicted octanol–water partition coefficient (Wildman–Crippen LogP) is 1.82. The summed E-state index contributed by atoms with van der Waals surface area (Å²) in [5.74, 6) is 0.357. The summed E-state index contributed by atoms with van der Waals surface area (Å²) in [5, 5.41) is 0. The van der Waals surface area contributed by atoms with Gasteiger partial charge in [-0.25, -0.2) is 0 Å². The topological polar surface area (TPSA) is 52.6 Å². The Hall–Kier alpha value is -2.62. The predicted molar refractivity (Wildman–Crippen MR) is 71.5 cm³/mol. The van der Waals surface area contributed by atoms with Crippen LogP contribution in [0.1, 0.15) is 0 Å². The Bertz CT molecular complexity index is 609. The minimum absolute atomic E-state index is 0.178. The maximum absolute atomic E-state index is 11.5. The van der Waals surface area contributed by atoms with Crippen molar-refractivity contribution in [3.63, 3.8) is 0 Å². The van der Waals surface area contributed by atoms with Gasteiger partial charge in [0.1, 0.15) is 0 Å². The summed E-state index contributed by atoms with van der Waals surface area (Å²) in [6.07, 6.45) is 0. The van der Waals surface area contributed by atoms with Crippen molar-refractivity contribution in [2.45, 2.75) is 0 Å². The lowest BCUT2D eigenvalue weighted by Gasteiger charge is -2.05. The molecule has 0 amide bonds. The smallest absolute Gasteiger partial charge is 0.231 e. The zero-order chi connectivity index (χ0) is 13.5. The van der Waals surface area contributed by atoms with Gasteiger partial charge in [-0.3, -0.25) is 9.59 Å². The third-order valence-electron chi connectivity index (χ3n) is 2.35. The van der Waals surface area contributed by atoms with Crippen LogP contribution in [0, 0.1) is 0 Å². The summed E-state index contributed by atoms with van der Waals surface area (Å²) in [6.45, 7) is -0.196. The van der Waals surface area contributed by atoms with Gasteiger partial charge in [-0.15, -0.1) is 0 Å². The summed E-state index contributed by atoms with van der Waals surface area (Å²) < 4.78 is 10.4. The van der Waals surface area contributed by atoms with Crippen LogP contribution in [0.2, 0.25) is 0 Å². The molecule has 2 aromatic rings. The van der Waals surface area contributed by atoms with Crippen LogP contribution in [0.15, 0.2) is 70.3 Å². The maximum atomic E-state index is 11.5. The maximum Gasteiger partial charge on any atom is 0.231 e. The molecule has 0 fully saturated rings. The zero-order valence-corrected chi connectivity index (χ0v) is 10.1. The van der Waals surface area contributed by atoms with Crippen LogP contribution in [-0.4, -0.2) is 6.79 Å². The molecule has 4 heteroatoms. The molecule has 0 radical (unpaired) electrons. The van der Waals surface area contributed by atoms with Gasteiger partial charge in [-0.2, -0.15) is 0 Å². The Morgan fingerprint density at radius 2 is 1.05 bits per heavy atom. The summed E-state index contributed by atoms with van der Waals surface area (Å²) >= 11 is 0. The molecule has 0 aliphatic rings. The van der Waals surface area contributed by atoms with Gasteiger partial charge in [-0.05, 0) is 24.3 Å². The molecular formula is C15H12O4. The van der Waals surface area contributed by atoms with E-state index in [2.05, 4.69) is 0 Å². The van der Waals surface area contributed by atoms with Gasteiger partial charge >= 0.3 is 0 Å². The number of hydrogen-bond acceptors (Lipinski definition) is 4. The normalized spacial score (nSPS) is 9.68. The Balaban J connectivity index is 2.06. The molecule has 0 saturated heterocycles. The second kappa shape index (κ2) is 6.35. The van der Waals surface area contributed by atoms with E-state index in [9.17, 15) is 9.59 Å². The summed E-state index contributed by atoms with van der Waals surface area (Å²) in [4.78, 5) is 23.1. The van der Waals surface area contributed by atoms with Crippen molar-refractivity contribution in [2.75, 3.05) is 6.79 Å². The van der Waals surface area contributed by atoms with Crippen LogP contribution in [0.3, 0.4) is 0 Å². The van der Waals surface area contributed by atoms with E-state index < -0.39 is 0 Å². The van der Waals surface area contributed by atoms with Gasteiger partial charge in [0.25, 0.3) is 0 Å². The van der Waals surface area contributed by atoms with Crippen LogP contribution < -0.4 is 20.3 Å². The fourth-order valence-corrected chi connectivity index (χ4v) is 1.42. The second-order valence-electron chi connectivity index (χ2n) is 3.68. The van der Waals surface area contributed by atoms with Crippen molar-refractivity contribution in [1.29, 1.82) is 0 Å². The van der Waals surface area contributed by atoms with Gasteiger partial charge < -0.3 is 9.47 Å². The highest BCUT2D eigenvalue weighted by Gasteiger charge is 2.00. The van der Waals surface area contributed by atoms with Crippen molar-refractivity contribution in [3.8, 4) is 11.5 Å². The van der Waals surface area contributed by atoms with Crippen molar-refractivity contribution in [2.24, 2.45) is 0 Å². The van der Waals surface area contributed by atoms with Crippen molar-refractivity contribution in [1.82, 2.24) is 0 Å². The van der Waals surface area contributed by atoms with Crippen LogP contribution in [-0.2, 0) is 0 Å². The minimum Gasteiger partial charge on any atom is -0.453 e. The Kier molecular flexibility index (Phi) is 4.29. The molecule has 2 rings (SSSR count). The largest absolute Gasteiger partial charge is 0.453 e. The van der Waals surface area contributed by atoms with Crippen LogP contribution >= 0.6 is 0 Å². The standard InChI is InChI=1S/C15H12O4/c16-12-7-3-1-5-9-14(12)18-11-19-15-10-6-2-4-8-13(15)17/h1-10H,11H2. The molecule has 0 bridgehead atoms. The molecule has 0 aliphatic carbocycles. The van der Waals surface area contributed by atoms with E-state index in [0.29, 0.717) is 0 Å². The van der Waals surface area contributed by atoms with Crippen molar-refractivity contribution >= 4 is 0 Å². The molecule has 0 aromatic heterocycles. The Morgan fingerprint density at radius 3 is 1.53 bits per heavy atom. The molecule has 0 heterocycles. The fraction of sp³-hybridized carbons (Fsp3) is 0.0667. The second-order valence-corrected chi connectivity index (χ2v) is 3.68. The van der Waals surface area contributed by atoms with Crippen LogP contribution in [0.4, 0.5) is 0 Å². The SMILES string of the molecule is O=c1cccccc1OCOc1cccccc1=O. The molecule has 0 aliphatic heterocycles. The third-order valence-corrected chi connectivity index (χ3v) is 2.35. The number of rotatable bonds is 4. The van der Waals surface area contributed by atoms with Crippen LogP contribution in [0.25, 0.3) is 0 Å². The molecule has 96 valence electrons. The quantitative estimate of drug-likeness (QED) is 0.783. The highest BCUT2D eigenvalue weighted by molar-refractivity contribution is 5.21. The first-order valence-electron chi connectivity index (χ1n) is 5.72. The molecule has 2 aromatic carbocycles. The lowest BCUT2D eigenvalue weighted by molar-refractivity contribution is 0.118. The highest BCUT2D eigenvalue weighted by Crippen LogP contribution is 2.03. The molecular weight excluding hydrogens is 244 g/mol. The van der Waals surface area contributed by atoms with Gasteiger partial charge in [-0.1, -0.05) is 36.4 Å². The van der Waals surface area contributed by atoms with Gasteiger partial charge in [0.05, 0.1) is 0 Å². The first kappa shape index (κ1) is 12.8. The summed E-state index contributed by atoms with van der Waals surface area (Å²) in [6, 6.07) is 16.0. The molecule has 19 heavy (non-hydrogen) atoms. The monoisotopic (exact) mass is 256 g/mol. The first-order chi connectivity index (χ1) is 9.27. The Labute approximate surface area is 109 Å². The van der Waals surface area contributed by atoms with E-state index >= 15 is 0 Å². The van der Waals surface area contributed by atoms with E-state index in [1.165, 1.54) is 12.1 Å². The molecule has 0 N–H and O–H groups in total. The Morgan fingerprint density at radius 1 is 0.632 bits per heavy atom. The van der Waals surface area contributed by atoms with Gasteiger partial charge in [0, 0.05) is 0 Å². The van der Waals surface area contributed by atoms with Crippen LogP contribution in [0.5, 0.6) is 11.5 Å². The van der Waals surface area contributed by atoms with E-state index in [0.717, 1.165) is 0 Å². The number of hydrogen-bond donors (Lipinski definition) is 0. The lowest BCUT2D eigenvalue weighted by Crippen LogP contribution is -2.13. The molecule has 4 nitrogen and oxygen atoms in total. The molecule has 0 atom stereocenters. The van der Waals surface area contributed by atoms with Gasteiger partial charge in [0.2, 0.25) is 17.7 Å². The van der Waals surface area contributed by atoms with Crippen molar-refractivity contribution in [3.05, 3.63) is 81.1 Å². The average molecular weight is 256 g/mol.